The van der Waals surface area contributed by atoms with Crippen LogP contribution in [0, 0.1) is 13.8 Å². The molecule has 3 N–H and O–H groups in total. The summed E-state index contributed by atoms with van der Waals surface area (Å²) in [6, 6.07) is 11.1. The van der Waals surface area contributed by atoms with Gasteiger partial charge in [0.25, 0.3) is 20.2 Å². The number of aliphatic hydroxyl groups is 2. The van der Waals surface area contributed by atoms with E-state index in [1.807, 2.05) is 13.8 Å². The van der Waals surface area contributed by atoms with E-state index in [0.29, 0.717) is 18.6 Å². The van der Waals surface area contributed by atoms with E-state index in [2.05, 4.69) is 0 Å². The van der Waals surface area contributed by atoms with Crippen molar-refractivity contribution in [3.8, 4) is 0 Å². The van der Waals surface area contributed by atoms with Gasteiger partial charge in [-0.05, 0) is 44.0 Å². The molecule has 0 radical (unpaired) electrons. The Labute approximate surface area is 201 Å². The molecule has 2 aromatic carbocycles. The predicted octanol–water partition coefficient (Wildman–Crippen LogP) is 1.50. The van der Waals surface area contributed by atoms with Crippen molar-refractivity contribution in [2.75, 3.05) is 46.2 Å². The van der Waals surface area contributed by atoms with Crippen LogP contribution in [-0.4, -0.2) is 77.8 Å². The molecule has 0 atom stereocenters. The van der Waals surface area contributed by atoms with Crippen molar-refractivity contribution in [2.45, 2.75) is 30.1 Å². The molecule has 0 bridgehead atoms. The van der Waals surface area contributed by atoms with Crippen LogP contribution in [0.5, 0.6) is 0 Å². The Morgan fingerprint density at radius 3 is 1.85 bits per heavy atom. The fourth-order valence-corrected chi connectivity index (χ4v) is 4.27. The van der Waals surface area contributed by atoms with E-state index in [0.717, 1.165) is 11.1 Å². The minimum atomic E-state index is -4.20. The van der Waals surface area contributed by atoms with Crippen molar-refractivity contribution >= 4 is 20.2 Å². The van der Waals surface area contributed by atoms with E-state index in [-0.39, 0.29) is 49.4 Å². The third-order valence-electron chi connectivity index (χ3n) is 4.26. The Balaban J connectivity index is 0.000000340. The monoisotopic (exact) mass is 520 g/mol. The first kappa shape index (κ1) is 30.1. The van der Waals surface area contributed by atoms with Crippen LogP contribution in [0.3, 0.4) is 0 Å². The van der Waals surface area contributed by atoms with Crippen molar-refractivity contribution in [1.82, 2.24) is 0 Å². The van der Waals surface area contributed by atoms with Gasteiger partial charge in [-0.25, -0.2) is 0 Å². The lowest BCUT2D eigenvalue weighted by atomic mass is 10.1. The molecule has 0 saturated heterocycles. The maximum atomic E-state index is 11.6. The number of ether oxygens (including phenoxy) is 2. The summed E-state index contributed by atoms with van der Waals surface area (Å²) >= 11 is 0. The summed E-state index contributed by atoms with van der Waals surface area (Å²) in [6.07, 6.45) is 0.372. The zero-order chi connectivity index (χ0) is 25.6. The highest BCUT2D eigenvalue weighted by atomic mass is 32.2. The first-order valence-corrected chi connectivity index (χ1v) is 13.3. The lowest BCUT2D eigenvalue weighted by Gasteiger charge is -2.08. The molecule has 2 aromatic rings. The van der Waals surface area contributed by atoms with Crippen LogP contribution in [0.1, 0.15) is 16.7 Å². The molecular formula is C22H32O10S2. The largest absolute Gasteiger partial charge is 0.394 e. The number of aliphatic hydroxyl groups excluding tert-OH is 2. The average Bonchev–Trinajstić information content (AvgIpc) is 2.76. The molecule has 0 saturated carbocycles. The average molecular weight is 521 g/mol. The minimum Gasteiger partial charge on any atom is -0.394 e. The zero-order valence-corrected chi connectivity index (χ0v) is 20.8. The lowest BCUT2D eigenvalue weighted by Crippen LogP contribution is -2.12. The van der Waals surface area contributed by atoms with Gasteiger partial charge < -0.3 is 19.7 Å². The van der Waals surface area contributed by atoms with Gasteiger partial charge in [-0.2, -0.15) is 16.8 Å². The summed E-state index contributed by atoms with van der Waals surface area (Å²) in [7, 11) is -7.90. The molecule has 10 nitrogen and oxygen atoms in total. The topological polar surface area (TPSA) is 157 Å². The number of hydrogen-bond donors (Lipinski definition) is 3. The number of hydrogen-bond acceptors (Lipinski definition) is 9. The first-order chi connectivity index (χ1) is 16.0. The van der Waals surface area contributed by atoms with Crippen LogP contribution in [0.15, 0.2) is 52.3 Å². The highest BCUT2D eigenvalue weighted by molar-refractivity contribution is 7.86. The smallest absolute Gasteiger partial charge is 0.297 e. The van der Waals surface area contributed by atoms with Gasteiger partial charge in [0, 0.05) is 0 Å². The molecule has 34 heavy (non-hydrogen) atoms. The highest BCUT2D eigenvalue weighted by Gasteiger charge is 2.15. The number of benzene rings is 2. The lowest BCUT2D eigenvalue weighted by molar-refractivity contribution is 0.0719. The van der Waals surface area contributed by atoms with E-state index in [9.17, 15) is 16.8 Å². The third kappa shape index (κ3) is 11.5. The zero-order valence-electron chi connectivity index (χ0n) is 19.2. The van der Waals surface area contributed by atoms with E-state index in [1.54, 1.807) is 24.3 Å². The molecule has 0 aliphatic heterocycles. The van der Waals surface area contributed by atoms with Crippen LogP contribution in [0.2, 0.25) is 0 Å². The van der Waals surface area contributed by atoms with Crippen LogP contribution >= 0.6 is 0 Å². The van der Waals surface area contributed by atoms with Gasteiger partial charge in [-0.15, -0.1) is 0 Å². The number of rotatable bonds is 13. The van der Waals surface area contributed by atoms with Gasteiger partial charge in [-0.1, -0.05) is 35.4 Å². The van der Waals surface area contributed by atoms with Crippen LogP contribution in [-0.2, 0) is 40.3 Å². The molecule has 0 heterocycles. The maximum absolute atomic E-state index is 11.6. The standard InChI is InChI=1S/2C11H16O5S/c1-10-2-4-11(5-3-10)17(13,14)16-9-8-15-7-6-12;1-9-2-3-11(17(13,14)15)10(8-9)4-6-16-7-5-12/h2-5,12H,6-9H2,1H3;2-3,8,12H,4-7H2,1H3,(H,13,14,15). The van der Waals surface area contributed by atoms with E-state index in [1.165, 1.54) is 18.2 Å². The second-order valence-corrected chi connectivity index (χ2v) is 10.1. The Kier molecular flexibility index (Phi) is 13.4. The summed E-state index contributed by atoms with van der Waals surface area (Å²) < 4.78 is 69.3. The third-order valence-corrected chi connectivity index (χ3v) is 6.54. The molecule has 0 amide bonds. The molecule has 192 valence electrons. The van der Waals surface area contributed by atoms with Crippen molar-refractivity contribution in [3.05, 3.63) is 59.2 Å². The Morgan fingerprint density at radius 2 is 1.29 bits per heavy atom. The summed E-state index contributed by atoms with van der Waals surface area (Å²) in [5, 5.41) is 17.0. The van der Waals surface area contributed by atoms with Gasteiger partial charge in [0.05, 0.1) is 56.0 Å². The molecule has 0 unspecified atom stereocenters. The molecule has 0 aliphatic rings. The maximum Gasteiger partial charge on any atom is 0.297 e. The Hall–Kier alpha value is -1.90. The van der Waals surface area contributed by atoms with Gasteiger partial charge >= 0.3 is 0 Å². The fourth-order valence-electron chi connectivity index (χ4n) is 2.65. The van der Waals surface area contributed by atoms with E-state index < -0.39 is 20.2 Å². The summed E-state index contributed by atoms with van der Waals surface area (Å²) in [5.74, 6) is 0. The van der Waals surface area contributed by atoms with Crippen molar-refractivity contribution < 1.29 is 45.3 Å². The summed E-state index contributed by atoms with van der Waals surface area (Å²) in [4.78, 5) is 0.0426. The van der Waals surface area contributed by atoms with Gasteiger partial charge in [-0.3, -0.25) is 8.74 Å². The second-order valence-electron chi connectivity index (χ2n) is 7.10. The van der Waals surface area contributed by atoms with Crippen LogP contribution < -0.4 is 0 Å². The predicted molar refractivity (Wildman–Crippen MR) is 125 cm³/mol. The molecule has 0 spiro atoms. The first-order valence-electron chi connectivity index (χ1n) is 10.4. The van der Waals surface area contributed by atoms with E-state index >= 15 is 0 Å². The van der Waals surface area contributed by atoms with Crippen molar-refractivity contribution in [2.24, 2.45) is 0 Å². The SMILES string of the molecule is Cc1ccc(S(=O)(=O)O)c(CCOCCO)c1.Cc1ccc(S(=O)(=O)OCCOCCO)cc1. The Bertz CT molecular complexity index is 1070. The van der Waals surface area contributed by atoms with Gasteiger partial charge in [0.15, 0.2) is 0 Å². The molecule has 0 fully saturated rings. The Morgan fingerprint density at radius 1 is 0.735 bits per heavy atom. The van der Waals surface area contributed by atoms with E-state index in [4.69, 9.17) is 28.4 Å². The normalized spacial score (nSPS) is 11.7. The summed E-state index contributed by atoms with van der Waals surface area (Å²) in [6.45, 7) is 4.31. The van der Waals surface area contributed by atoms with Crippen LogP contribution in [0.4, 0.5) is 0 Å². The number of aryl methyl sites for hydroxylation is 2. The molecule has 2 rings (SSSR count). The van der Waals surface area contributed by atoms with Gasteiger partial charge in [0.1, 0.15) is 0 Å². The van der Waals surface area contributed by atoms with Gasteiger partial charge in [0.2, 0.25) is 0 Å². The van der Waals surface area contributed by atoms with Crippen LogP contribution in [0.25, 0.3) is 0 Å². The molecular weight excluding hydrogens is 488 g/mol. The fraction of sp³-hybridized carbons (Fsp3) is 0.455. The van der Waals surface area contributed by atoms with Crippen molar-refractivity contribution in [1.29, 1.82) is 0 Å². The quantitative estimate of drug-likeness (QED) is 0.201. The summed E-state index contributed by atoms with van der Waals surface area (Å²) in [5.41, 5.74) is 2.41. The minimum absolute atomic E-state index is 0.0593. The molecule has 12 heteroatoms. The molecule has 0 aromatic heterocycles. The van der Waals surface area contributed by atoms with Crippen molar-refractivity contribution in [3.63, 3.8) is 0 Å². The highest BCUT2D eigenvalue weighted by Crippen LogP contribution is 2.18. The second kappa shape index (κ2) is 15.2. The molecule has 0 aliphatic carbocycles.